The van der Waals surface area contributed by atoms with Crippen LogP contribution >= 0.6 is 11.6 Å². The number of hydrogen-bond acceptors (Lipinski definition) is 2. The van der Waals surface area contributed by atoms with Crippen molar-refractivity contribution in [3.63, 3.8) is 0 Å². The smallest absolute Gasteiger partial charge is 0.120 e. The number of fused-ring (bicyclic) bond motifs is 1. The summed E-state index contributed by atoms with van der Waals surface area (Å²) in [6.07, 6.45) is 2.20. The van der Waals surface area contributed by atoms with Gasteiger partial charge in [0.15, 0.2) is 0 Å². The van der Waals surface area contributed by atoms with Gasteiger partial charge in [-0.25, -0.2) is 0 Å². The molecular weight excluding hydrogens is 282 g/mol. The maximum absolute atomic E-state index is 6.45. The minimum Gasteiger partial charge on any atom is -0.497 e. The summed E-state index contributed by atoms with van der Waals surface area (Å²) in [6.45, 7) is 0. The van der Waals surface area contributed by atoms with Crippen molar-refractivity contribution in [2.24, 2.45) is 5.92 Å². The number of ether oxygens (including phenoxy) is 1. The topological polar surface area (TPSA) is 21.3 Å². The predicted molar refractivity (Wildman–Crippen MR) is 87.1 cm³/mol. The normalized spacial score (nSPS) is 15.8. The van der Waals surface area contributed by atoms with Crippen LogP contribution in [0.15, 0.2) is 42.5 Å². The van der Waals surface area contributed by atoms with E-state index in [1.54, 1.807) is 7.11 Å². The van der Waals surface area contributed by atoms with Crippen LogP contribution < -0.4 is 10.1 Å². The summed E-state index contributed by atoms with van der Waals surface area (Å²) in [5, 5.41) is 4.22. The molecule has 0 heterocycles. The van der Waals surface area contributed by atoms with Crippen LogP contribution in [0.4, 0.5) is 0 Å². The van der Waals surface area contributed by atoms with Gasteiger partial charge >= 0.3 is 0 Å². The van der Waals surface area contributed by atoms with Crippen molar-refractivity contribution in [1.29, 1.82) is 0 Å². The molecule has 0 spiro atoms. The third kappa shape index (κ3) is 2.78. The molecule has 2 aromatic rings. The van der Waals surface area contributed by atoms with Gasteiger partial charge in [0.05, 0.1) is 7.11 Å². The zero-order chi connectivity index (χ0) is 14.8. The average molecular weight is 302 g/mol. The zero-order valence-electron chi connectivity index (χ0n) is 12.4. The van der Waals surface area contributed by atoms with Gasteiger partial charge in [0.25, 0.3) is 0 Å². The fourth-order valence-electron chi connectivity index (χ4n) is 3.36. The number of rotatable bonds is 4. The van der Waals surface area contributed by atoms with Crippen LogP contribution in [0.25, 0.3) is 0 Å². The lowest BCUT2D eigenvalue weighted by molar-refractivity contribution is 0.394. The van der Waals surface area contributed by atoms with Gasteiger partial charge in [-0.05, 0) is 54.6 Å². The van der Waals surface area contributed by atoms with Crippen LogP contribution in [0.5, 0.6) is 5.75 Å². The van der Waals surface area contributed by atoms with E-state index in [1.807, 2.05) is 19.2 Å². The molecule has 0 aromatic heterocycles. The maximum atomic E-state index is 6.45. The Kier molecular flexibility index (Phi) is 4.18. The maximum Gasteiger partial charge on any atom is 0.120 e. The summed E-state index contributed by atoms with van der Waals surface area (Å²) in [6, 6.07) is 14.9. The Morgan fingerprint density at radius 3 is 2.33 bits per heavy atom. The van der Waals surface area contributed by atoms with E-state index in [-0.39, 0.29) is 6.04 Å². The summed E-state index contributed by atoms with van der Waals surface area (Å²) in [5.41, 5.74) is 4.08. The first-order valence-electron chi connectivity index (χ1n) is 7.30. The minimum absolute atomic E-state index is 0.260. The van der Waals surface area contributed by atoms with E-state index in [2.05, 4.69) is 35.6 Å². The number of nitrogens with one attached hydrogen (secondary N) is 1. The van der Waals surface area contributed by atoms with Gasteiger partial charge in [-0.3, -0.25) is 0 Å². The van der Waals surface area contributed by atoms with Gasteiger partial charge in [-0.1, -0.05) is 41.9 Å². The van der Waals surface area contributed by atoms with E-state index in [9.17, 15) is 0 Å². The first-order valence-corrected chi connectivity index (χ1v) is 7.68. The lowest BCUT2D eigenvalue weighted by atomic mass is 9.90. The molecule has 2 aromatic carbocycles. The average Bonchev–Trinajstić information content (AvgIpc) is 2.93. The first-order chi connectivity index (χ1) is 10.2. The Bertz CT molecular complexity index is 616. The van der Waals surface area contributed by atoms with Crippen molar-refractivity contribution in [1.82, 2.24) is 5.32 Å². The zero-order valence-corrected chi connectivity index (χ0v) is 13.2. The summed E-state index contributed by atoms with van der Waals surface area (Å²) < 4.78 is 5.23. The van der Waals surface area contributed by atoms with Crippen LogP contribution in [-0.2, 0) is 12.8 Å². The molecule has 0 amide bonds. The standard InChI is InChI=1S/C18H20ClNO/c1-20-18(16-8-7-15(21-2)11-17(16)19)14-9-12-5-3-4-6-13(12)10-14/h3-8,11,14,18,20H,9-10H2,1-2H3. The SMILES string of the molecule is CNC(c1ccc(OC)cc1Cl)C1Cc2ccccc2C1. The van der Waals surface area contributed by atoms with Gasteiger partial charge < -0.3 is 10.1 Å². The second-order valence-corrected chi connectivity index (χ2v) is 6.00. The largest absolute Gasteiger partial charge is 0.497 e. The molecule has 1 atom stereocenters. The van der Waals surface area contributed by atoms with Crippen LogP contribution in [0.2, 0.25) is 5.02 Å². The van der Waals surface area contributed by atoms with Crippen LogP contribution in [0.1, 0.15) is 22.7 Å². The Morgan fingerprint density at radius 2 is 1.81 bits per heavy atom. The lowest BCUT2D eigenvalue weighted by Gasteiger charge is -2.24. The molecule has 0 saturated carbocycles. The highest BCUT2D eigenvalue weighted by Gasteiger charge is 2.29. The van der Waals surface area contributed by atoms with Crippen LogP contribution in [0.3, 0.4) is 0 Å². The fourth-order valence-corrected chi connectivity index (χ4v) is 3.65. The summed E-state index contributed by atoms with van der Waals surface area (Å²) >= 11 is 6.45. The van der Waals surface area contributed by atoms with Crippen molar-refractivity contribution in [2.75, 3.05) is 14.2 Å². The summed E-state index contributed by atoms with van der Waals surface area (Å²) in [4.78, 5) is 0. The van der Waals surface area contributed by atoms with Crippen molar-refractivity contribution >= 4 is 11.6 Å². The lowest BCUT2D eigenvalue weighted by Crippen LogP contribution is -2.26. The molecule has 3 heteroatoms. The highest BCUT2D eigenvalue weighted by molar-refractivity contribution is 6.31. The number of hydrogen-bond donors (Lipinski definition) is 1. The Morgan fingerprint density at radius 1 is 1.14 bits per heavy atom. The van der Waals surface area contributed by atoms with Gasteiger partial charge in [0.1, 0.15) is 5.75 Å². The van der Waals surface area contributed by atoms with Crippen molar-refractivity contribution in [3.05, 3.63) is 64.2 Å². The van der Waals surface area contributed by atoms with Gasteiger partial charge in [0, 0.05) is 11.1 Å². The van der Waals surface area contributed by atoms with E-state index in [0.717, 1.165) is 29.2 Å². The van der Waals surface area contributed by atoms with Crippen LogP contribution in [0, 0.1) is 5.92 Å². The third-order valence-electron chi connectivity index (χ3n) is 4.41. The first kappa shape index (κ1) is 14.4. The molecule has 1 aliphatic carbocycles. The quantitative estimate of drug-likeness (QED) is 0.921. The second kappa shape index (κ2) is 6.08. The highest BCUT2D eigenvalue weighted by atomic mass is 35.5. The number of methoxy groups -OCH3 is 1. The van der Waals surface area contributed by atoms with Gasteiger partial charge in [0.2, 0.25) is 0 Å². The van der Waals surface area contributed by atoms with E-state index in [4.69, 9.17) is 16.3 Å². The Labute approximate surface area is 131 Å². The molecular formula is C18H20ClNO. The van der Waals surface area contributed by atoms with E-state index in [0.29, 0.717) is 5.92 Å². The summed E-state index contributed by atoms with van der Waals surface area (Å²) in [7, 11) is 3.67. The highest BCUT2D eigenvalue weighted by Crippen LogP contribution is 2.38. The van der Waals surface area contributed by atoms with Crippen molar-refractivity contribution in [3.8, 4) is 5.75 Å². The monoisotopic (exact) mass is 301 g/mol. The molecule has 0 saturated heterocycles. The Hall–Kier alpha value is -1.51. The fraction of sp³-hybridized carbons (Fsp3) is 0.333. The number of benzene rings is 2. The molecule has 1 unspecified atom stereocenters. The van der Waals surface area contributed by atoms with Crippen LogP contribution in [-0.4, -0.2) is 14.2 Å². The van der Waals surface area contributed by atoms with E-state index < -0.39 is 0 Å². The molecule has 0 radical (unpaired) electrons. The molecule has 1 N–H and O–H groups in total. The molecule has 0 fully saturated rings. The third-order valence-corrected chi connectivity index (χ3v) is 4.74. The molecule has 3 rings (SSSR count). The van der Waals surface area contributed by atoms with Gasteiger partial charge in [-0.2, -0.15) is 0 Å². The molecule has 0 aliphatic heterocycles. The minimum atomic E-state index is 0.260. The van der Waals surface area contributed by atoms with Crippen molar-refractivity contribution < 1.29 is 4.74 Å². The van der Waals surface area contributed by atoms with E-state index in [1.165, 1.54) is 11.1 Å². The van der Waals surface area contributed by atoms with E-state index >= 15 is 0 Å². The van der Waals surface area contributed by atoms with Crippen molar-refractivity contribution in [2.45, 2.75) is 18.9 Å². The number of halogens is 1. The molecule has 110 valence electrons. The van der Waals surface area contributed by atoms with Gasteiger partial charge in [-0.15, -0.1) is 0 Å². The second-order valence-electron chi connectivity index (χ2n) is 5.59. The molecule has 2 nitrogen and oxygen atoms in total. The summed E-state index contributed by atoms with van der Waals surface area (Å²) in [5.74, 6) is 1.34. The molecule has 0 bridgehead atoms. The molecule has 21 heavy (non-hydrogen) atoms. The predicted octanol–water partition coefficient (Wildman–Crippen LogP) is 4.02. The Balaban J connectivity index is 1.87. The molecule has 1 aliphatic rings.